The van der Waals surface area contributed by atoms with Gasteiger partial charge in [-0.15, -0.1) is 0 Å². The maximum Gasteiger partial charge on any atom is 0.237 e. The first kappa shape index (κ1) is 19.4. The largest absolute Gasteiger partial charge is 0.325 e. The Morgan fingerprint density at radius 1 is 1.22 bits per heavy atom. The molecule has 140 valence electrons. The van der Waals surface area contributed by atoms with E-state index in [9.17, 15) is 10.1 Å². The number of hydrogen-bond acceptors (Lipinski definition) is 4. The fourth-order valence-electron chi connectivity index (χ4n) is 3.33. The molecule has 1 N–H and O–H groups in total. The fourth-order valence-corrected chi connectivity index (χ4v) is 4.22. The SMILES string of the molecule is Cc1cccc(NC(=O)C(C)Sc2nc3c(cc2C#N)CCCCCC3)c1. The first-order valence-corrected chi connectivity index (χ1v) is 10.4. The highest BCUT2D eigenvalue weighted by Crippen LogP contribution is 2.29. The van der Waals surface area contributed by atoms with Crippen LogP contribution in [-0.2, 0) is 17.6 Å². The molecule has 1 aromatic carbocycles. The van der Waals surface area contributed by atoms with Crippen molar-refractivity contribution in [3.63, 3.8) is 0 Å². The number of aromatic nitrogens is 1. The number of thioether (sulfide) groups is 1. The molecule has 1 heterocycles. The second-order valence-electron chi connectivity index (χ2n) is 7.09. The molecule has 1 amide bonds. The number of amides is 1. The van der Waals surface area contributed by atoms with Crippen molar-refractivity contribution in [3.8, 4) is 6.07 Å². The number of nitrogens with one attached hydrogen (secondary N) is 1. The van der Waals surface area contributed by atoms with E-state index in [0.717, 1.165) is 42.6 Å². The molecular weight excluding hydrogens is 354 g/mol. The van der Waals surface area contributed by atoms with Gasteiger partial charge in [-0.2, -0.15) is 5.26 Å². The quantitative estimate of drug-likeness (QED) is 0.756. The van der Waals surface area contributed by atoms with Crippen LogP contribution in [0, 0.1) is 18.3 Å². The number of aryl methyl sites for hydroxylation is 3. The molecule has 2 aromatic rings. The van der Waals surface area contributed by atoms with Gasteiger partial charge in [0, 0.05) is 11.4 Å². The van der Waals surface area contributed by atoms with E-state index in [4.69, 9.17) is 4.98 Å². The Bertz CT molecular complexity index is 872. The predicted molar refractivity (Wildman–Crippen MR) is 110 cm³/mol. The Morgan fingerprint density at radius 2 is 2.00 bits per heavy atom. The molecular formula is C22H25N3OS. The lowest BCUT2D eigenvalue weighted by atomic mass is 9.96. The van der Waals surface area contributed by atoms with E-state index >= 15 is 0 Å². The maximum atomic E-state index is 12.6. The molecule has 1 aliphatic carbocycles. The molecule has 1 aromatic heterocycles. The van der Waals surface area contributed by atoms with Crippen LogP contribution in [0.2, 0.25) is 0 Å². The number of nitriles is 1. The number of benzene rings is 1. The summed E-state index contributed by atoms with van der Waals surface area (Å²) in [4.78, 5) is 17.4. The minimum atomic E-state index is -0.336. The number of fused-ring (bicyclic) bond motifs is 1. The third kappa shape index (κ3) is 5.11. The molecule has 0 saturated heterocycles. The summed E-state index contributed by atoms with van der Waals surface area (Å²) < 4.78 is 0. The molecule has 4 nitrogen and oxygen atoms in total. The van der Waals surface area contributed by atoms with Crippen LogP contribution < -0.4 is 5.32 Å². The zero-order valence-electron chi connectivity index (χ0n) is 15.9. The van der Waals surface area contributed by atoms with Gasteiger partial charge in [-0.1, -0.05) is 36.7 Å². The van der Waals surface area contributed by atoms with Crippen molar-refractivity contribution in [2.75, 3.05) is 5.32 Å². The molecule has 1 unspecified atom stereocenters. The van der Waals surface area contributed by atoms with Crippen LogP contribution >= 0.6 is 11.8 Å². The summed E-state index contributed by atoms with van der Waals surface area (Å²) in [5.74, 6) is -0.0805. The first-order chi connectivity index (χ1) is 13.1. The van der Waals surface area contributed by atoms with Gasteiger partial charge in [0.1, 0.15) is 11.1 Å². The second kappa shape index (κ2) is 9.05. The lowest BCUT2D eigenvalue weighted by Gasteiger charge is -2.17. The first-order valence-electron chi connectivity index (χ1n) is 9.54. The summed E-state index contributed by atoms with van der Waals surface area (Å²) in [7, 11) is 0. The van der Waals surface area contributed by atoms with Gasteiger partial charge < -0.3 is 5.32 Å². The molecule has 0 bridgehead atoms. The zero-order chi connectivity index (χ0) is 19.2. The van der Waals surface area contributed by atoms with Crippen molar-refractivity contribution in [2.45, 2.75) is 62.6 Å². The third-order valence-corrected chi connectivity index (χ3v) is 5.93. The van der Waals surface area contributed by atoms with Gasteiger partial charge in [-0.05, 0) is 68.9 Å². The topological polar surface area (TPSA) is 65.8 Å². The van der Waals surface area contributed by atoms with Crippen LogP contribution in [0.25, 0.3) is 0 Å². The molecule has 0 radical (unpaired) electrons. The highest BCUT2D eigenvalue weighted by atomic mass is 32.2. The van der Waals surface area contributed by atoms with Crippen LogP contribution in [0.15, 0.2) is 35.4 Å². The summed E-state index contributed by atoms with van der Waals surface area (Å²) in [5.41, 5.74) is 4.77. The Morgan fingerprint density at radius 3 is 2.74 bits per heavy atom. The number of carbonyl (C=O) groups excluding carboxylic acids is 1. The van der Waals surface area contributed by atoms with E-state index in [1.165, 1.54) is 30.2 Å². The minimum absolute atomic E-state index is 0.0805. The lowest BCUT2D eigenvalue weighted by molar-refractivity contribution is -0.115. The molecule has 0 spiro atoms. The van der Waals surface area contributed by atoms with E-state index in [-0.39, 0.29) is 11.2 Å². The molecule has 1 aliphatic rings. The molecule has 1 atom stereocenters. The molecule has 3 rings (SSSR count). The lowest BCUT2D eigenvalue weighted by Crippen LogP contribution is -2.22. The minimum Gasteiger partial charge on any atom is -0.325 e. The smallest absolute Gasteiger partial charge is 0.237 e. The zero-order valence-corrected chi connectivity index (χ0v) is 16.7. The van der Waals surface area contributed by atoms with Gasteiger partial charge in [0.2, 0.25) is 5.91 Å². The standard InChI is InChI=1S/C22H25N3OS/c1-15-8-7-10-19(12-15)24-21(26)16(2)27-22-18(14-23)13-17-9-5-3-4-6-11-20(17)25-22/h7-8,10,12-13,16H,3-6,9,11H2,1-2H3,(H,24,26). The summed E-state index contributed by atoms with van der Waals surface area (Å²) in [6.45, 7) is 3.85. The van der Waals surface area contributed by atoms with Crippen LogP contribution in [0.1, 0.15) is 55.0 Å². The van der Waals surface area contributed by atoms with Crippen molar-refractivity contribution >= 4 is 23.4 Å². The summed E-state index contributed by atoms with van der Waals surface area (Å²) >= 11 is 1.37. The maximum absolute atomic E-state index is 12.6. The number of pyridine rings is 1. The van der Waals surface area contributed by atoms with Gasteiger partial charge in [0.25, 0.3) is 0 Å². The van der Waals surface area contributed by atoms with Crippen LogP contribution in [0.3, 0.4) is 0 Å². The van der Waals surface area contributed by atoms with E-state index in [1.54, 1.807) is 0 Å². The monoisotopic (exact) mass is 379 g/mol. The number of hydrogen-bond donors (Lipinski definition) is 1. The average molecular weight is 380 g/mol. The number of nitrogens with zero attached hydrogens (tertiary/aromatic N) is 2. The fraction of sp³-hybridized carbons (Fsp3) is 0.409. The van der Waals surface area contributed by atoms with Gasteiger partial charge in [-0.25, -0.2) is 4.98 Å². The van der Waals surface area contributed by atoms with Crippen molar-refractivity contribution < 1.29 is 4.79 Å². The van der Waals surface area contributed by atoms with E-state index in [2.05, 4.69) is 11.4 Å². The molecule has 5 heteroatoms. The third-order valence-electron chi connectivity index (χ3n) is 4.83. The Kier molecular flexibility index (Phi) is 6.52. The average Bonchev–Trinajstić information content (AvgIpc) is 2.62. The summed E-state index contributed by atoms with van der Waals surface area (Å²) in [6, 6.07) is 12.0. The predicted octanol–water partition coefficient (Wildman–Crippen LogP) is 5.04. The molecule has 0 saturated carbocycles. The summed E-state index contributed by atoms with van der Waals surface area (Å²) in [5, 5.41) is 12.8. The molecule has 0 aliphatic heterocycles. The Hall–Kier alpha value is -2.32. The van der Waals surface area contributed by atoms with Crippen LogP contribution in [-0.4, -0.2) is 16.1 Å². The van der Waals surface area contributed by atoms with Crippen molar-refractivity contribution in [3.05, 3.63) is 52.7 Å². The van der Waals surface area contributed by atoms with Crippen LogP contribution in [0.4, 0.5) is 5.69 Å². The normalized spacial score (nSPS) is 15.0. The van der Waals surface area contributed by atoms with E-state index in [1.807, 2.05) is 44.2 Å². The highest BCUT2D eigenvalue weighted by Gasteiger charge is 2.20. The van der Waals surface area contributed by atoms with Gasteiger partial charge >= 0.3 is 0 Å². The summed E-state index contributed by atoms with van der Waals surface area (Å²) in [6.07, 6.45) is 6.72. The Labute approximate surface area is 165 Å². The van der Waals surface area contributed by atoms with Crippen LogP contribution in [0.5, 0.6) is 0 Å². The number of rotatable bonds is 4. The van der Waals surface area contributed by atoms with E-state index in [0.29, 0.717) is 10.6 Å². The van der Waals surface area contributed by atoms with Gasteiger partial charge in [0.05, 0.1) is 10.8 Å². The van der Waals surface area contributed by atoms with Crippen molar-refractivity contribution in [1.82, 2.24) is 4.98 Å². The van der Waals surface area contributed by atoms with Crippen molar-refractivity contribution in [2.24, 2.45) is 0 Å². The van der Waals surface area contributed by atoms with Gasteiger partial charge in [0.15, 0.2) is 0 Å². The number of carbonyl (C=O) groups is 1. The second-order valence-corrected chi connectivity index (χ2v) is 8.42. The highest BCUT2D eigenvalue weighted by molar-refractivity contribution is 8.00. The van der Waals surface area contributed by atoms with E-state index < -0.39 is 0 Å². The van der Waals surface area contributed by atoms with Crippen molar-refractivity contribution in [1.29, 1.82) is 5.26 Å². The molecule has 27 heavy (non-hydrogen) atoms. The van der Waals surface area contributed by atoms with Gasteiger partial charge in [-0.3, -0.25) is 4.79 Å². The molecule has 0 fully saturated rings. The Balaban J connectivity index is 1.76. The number of anilines is 1.